The Morgan fingerprint density at radius 2 is 1.95 bits per heavy atom. The lowest BCUT2D eigenvalue weighted by atomic mass is 9.85. The Morgan fingerprint density at radius 3 is 2.85 bits per heavy atom. The molecule has 1 aromatic rings. The van der Waals surface area contributed by atoms with E-state index in [1.165, 1.54) is 6.42 Å². The van der Waals surface area contributed by atoms with Crippen LogP contribution in [0.2, 0.25) is 0 Å². The van der Waals surface area contributed by atoms with Crippen LogP contribution in [-0.2, 0) is 5.60 Å². The van der Waals surface area contributed by atoms with E-state index in [0.29, 0.717) is 13.2 Å². The van der Waals surface area contributed by atoms with Gasteiger partial charge in [-0.15, -0.1) is 0 Å². The molecule has 2 unspecified atom stereocenters. The maximum Gasteiger partial charge on any atom is 0.161 e. The van der Waals surface area contributed by atoms with Gasteiger partial charge >= 0.3 is 0 Å². The largest absolute Gasteiger partial charge is 0.490 e. The Bertz CT molecular complexity index is 518. The van der Waals surface area contributed by atoms with E-state index in [9.17, 15) is 5.11 Å². The lowest BCUT2D eigenvalue weighted by Gasteiger charge is -2.30. The lowest BCUT2D eigenvalue weighted by Crippen LogP contribution is -2.38. The van der Waals surface area contributed by atoms with Crippen molar-refractivity contribution in [1.82, 2.24) is 4.90 Å². The van der Waals surface area contributed by atoms with E-state index < -0.39 is 5.60 Å². The van der Waals surface area contributed by atoms with Crippen molar-refractivity contribution in [2.75, 3.05) is 26.3 Å². The summed E-state index contributed by atoms with van der Waals surface area (Å²) in [5, 5.41) is 11.2. The van der Waals surface area contributed by atoms with Gasteiger partial charge in [-0.2, -0.15) is 0 Å². The zero-order chi connectivity index (χ0) is 13.6. The van der Waals surface area contributed by atoms with Gasteiger partial charge in [-0.1, -0.05) is 6.07 Å². The molecule has 1 aromatic carbocycles. The lowest BCUT2D eigenvalue weighted by molar-refractivity contribution is 0.00915. The number of benzene rings is 1. The summed E-state index contributed by atoms with van der Waals surface area (Å²) in [5.74, 6) is 1.58. The van der Waals surface area contributed by atoms with Crippen LogP contribution in [0.4, 0.5) is 0 Å². The van der Waals surface area contributed by atoms with Crippen molar-refractivity contribution in [3.8, 4) is 11.5 Å². The van der Waals surface area contributed by atoms with E-state index in [4.69, 9.17) is 9.47 Å². The van der Waals surface area contributed by atoms with Crippen molar-refractivity contribution in [3.63, 3.8) is 0 Å². The molecule has 4 rings (SSSR count). The van der Waals surface area contributed by atoms with Crippen LogP contribution in [0.15, 0.2) is 18.2 Å². The quantitative estimate of drug-likeness (QED) is 0.850. The van der Waals surface area contributed by atoms with Gasteiger partial charge in [-0.3, -0.25) is 4.90 Å². The molecule has 2 fully saturated rings. The Kier molecular flexibility index (Phi) is 2.89. The third kappa shape index (κ3) is 1.82. The summed E-state index contributed by atoms with van der Waals surface area (Å²) in [4.78, 5) is 2.42. The highest BCUT2D eigenvalue weighted by Gasteiger charge is 2.49. The minimum absolute atomic E-state index is 0.271. The number of rotatable bonds is 1. The van der Waals surface area contributed by atoms with E-state index in [1.54, 1.807) is 0 Å². The van der Waals surface area contributed by atoms with Crippen molar-refractivity contribution in [2.45, 2.75) is 37.3 Å². The summed E-state index contributed by atoms with van der Waals surface area (Å²) in [6.45, 7) is 3.50. The smallest absolute Gasteiger partial charge is 0.161 e. The van der Waals surface area contributed by atoms with E-state index in [0.717, 1.165) is 49.4 Å². The van der Waals surface area contributed by atoms with E-state index in [-0.39, 0.29) is 6.04 Å². The number of aliphatic hydroxyl groups is 1. The van der Waals surface area contributed by atoms with Crippen LogP contribution >= 0.6 is 0 Å². The second kappa shape index (κ2) is 4.64. The van der Waals surface area contributed by atoms with Crippen LogP contribution in [0.1, 0.15) is 31.2 Å². The summed E-state index contributed by atoms with van der Waals surface area (Å²) in [6, 6.07) is 6.22. The number of ether oxygens (including phenoxy) is 2. The molecule has 108 valence electrons. The molecule has 3 aliphatic rings. The maximum atomic E-state index is 11.2. The number of hydrogen-bond acceptors (Lipinski definition) is 4. The van der Waals surface area contributed by atoms with Gasteiger partial charge < -0.3 is 14.6 Å². The SMILES string of the molecule is OC1(c2ccc3c(c2)OCCCO3)CCN2CCCC21. The minimum atomic E-state index is -0.721. The molecule has 2 saturated heterocycles. The number of hydrogen-bond donors (Lipinski definition) is 1. The second-order valence-corrected chi connectivity index (χ2v) is 6.08. The van der Waals surface area contributed by atoms with Gasteiger partial charge in [0.25, 0.3) is 0 Å². The Balaban J connectivity index is 1.70. The zero-order valence-corrected chi connectivity index (χ0v) is 11.7. The van der Waals surface area contributed by atoms with Crippen LogP contribution in [0.25, 0.3) is 0 Å². The van der Waals surface area contributed by atoms with Gasteiger partial charge in [-0.05, 0) is 43.5 Å². The van der Waals surface area contributed by atoms with Crippen molar-refractivity contribution in [3.05, 3.63) is 23.8 Å². The molecular formula is C16H21NO3. The topological polar surface area (TPSA) is 41.9 Å². The zero-order valence-electron chi connectivity index (χ0n) is 11.7. The molecule has 0 saturated carbocycles. The average Bonchev–Trinajstić information content (AvgIpc) is 2.96. The summed E-state index contributed by atoms with van der Waals surface area (Å²) in [7, 11) is 0. The van der Waals surface area contributed by atoms with E-state index in [1.807, 2.05) is 18.2 Å². The maximum absolute atomic E-state index is 11.2. The Labute approximate surface area is 119 Å². The second-order valence-electron chi connectivity index (χ2n) is 6.08. The normalized spacial score (nSPS) is 33.0. The van der Waals surface area contributed by atoms with Gasteiger partial charge in [-0.25, -0.2) is 0 Å². The van der Waals surface area contributed by atoms with E-state index in [2.05, 4.69) is 4.90 Å². The molecule has 0 aliphatic carbocycles. The molecule has 1 N–H and O–H groups in total. The fourth-order valence-corrected chi connectivity index (χ4v) is 3.88. The molecule has 0 spiro atoms. The van der Waals surface area contributed by atoms with Crippen LogP contribution in [-0.4, -0.2) is 42.4 Å². The molecule has 0 radical (unpaired) electrons. The molecule has 3 heterocycles. The van der Waals surface area contributed by atoms with Crippen molar-refractivity contribution in [1.29, 1.82) is 0 Å². The van der Waals surface area contributed by atoms with Gasteiger partial charge in [0, 0.05) is 19.0 Å². The first-order valence-corrected chi connectivity index (χ1v) is 7.64. The van der Waals surface area contributed by atoms with Gasteiger partial charge in [0.15, 0.2) is 11.5 Å². The summed E-state index contributed by atoms with van der Waals surface area (Å²) < 4.78 is 11.4. The third-order valence-corrected chi connectivity index (χ3v) is 4.94. The van der Waals surface area contributed by atoms with Crippen molar-refractivity contribution >= 4 is 0 Å². The molecule has 0 aromatic heterocycles. The fourth-order valence-electron chi connectivity index (χ4n) is 3.88. The molecule has 0 amide bonds. The first-order chi connectivity index (χ1) is 9.77. The highest BCUT2D eigenvalue weighted by molar-refractivity contribution is 5.46. The standard InChI is InChI=1S/C16H21NO3/c18-16(6-8-17-7-1-3-15(16)17)12-4-5-13-14(11-12)20-10-2-9-19-13/h4-5,11,15,18H,1-3,6-10H2. The molecule has 4 heteroatoms. The summed E-state index contributed by atoms with van der Waals surface area (Å²) in [6.07, 6.45) is 4.00. The fraction of sp³-hybridized carbons (Fsp3) is 0.625. The number of fused-ring (bicyclic) bond motifs is 2. The predicted molar refractivity (Wildman–Crippen MR) is 75.2 cm³/mol. The monoisotopic (exact) mass is 275 g/mol. The van der Waals surface area contributed by atoms with Gasteiger partial charge in [0.2, 0.25) is 0 Å². The Morgan fingerprint density at radius 1 is 1.10 bits per heavy atom. The molecule has 20 heavy (non-hydrogen) atoms. The predicted octanol–water partition coefficient (Wildman–Crippen LogP) is 1.90. The van der Waals surface area contributed by atoms with Crippen LogP contribution in [0.5, 0.6) is 11.5 Å². The molecule has 3 aliphatic heterocycles. The molecular weight excluding hydrogens is 254 g/mol. The highest BCUT2D eigenvalue weighted by atomic mass is 16.5. The van der Waals surface area contributed by atoms with Crippen LogP contribution in [0.3, 0.4) is 0 Å². The van der Waals surface area contributed by atoms with Crippen molar-refractivity contribution in [2.24, 2.45) is 0 Å². The average molecular weight is 275 g/mol. The van der Waals surface area contributed by atoms with E-state index >= 15 is 0 Å². The first-order valence-electron chi connectivity index (χ1n) is 7.64. The van der Waals surface area contributed by atoms with Crippen LogP contribution < -0.4 is 9.47 Å². The highest BCUT2D eigenvalue weighted by Crippen LogP contribution is 2.45. The third-order valence-electron chi connectivity index (χ3n) is 4.94. The Hall–Kier alpha value is -1.26. The van der Waals surface area contributed by atoms with Crippen LogP contribution in [0, 0.1) is 0 Å². The van der Waals surface area contributed by atoms with Gasteiger partial charge in [0.1, 0.15) is 5.60 Å². The first kappa shape index (κ1) is 12.5. The summed E-state index contributed by atoms with van der Waals surface area (Å²) >= 11 is 0. The minimum Gasteiger partial charge on any atom is -0.490 e. The number of nitrogens with zero attached hydrogens (tertiary/aromatic N) is 1. The molecule has 0 bridgehead atoms. The summed E-state index contributed by atoms with van der Waals surface area (Å²) in [5.41, 5.74) is 0.262. The molecule has 4 nitrogen and oxygen atoms in total. The molecule has 2 atom stereocenters. The van der Waals surface area contributed by atoms with Crippen molar-refractivity contribution < 1.29 is 14.6 Å². The van der Waals surface area contributed by atoms with Gasteiger partial charge in [0.05, 0.1) is 13.2 Å².